The van der Waals surface area contributed by atoms with Crippen molar-refractivity contribution < 1.29 is 31.1 Å². The Labute approximate surface area is 135 Å². The Morgan fingerprint density at radius 1 is 1.33 bits per heavy atom. The van der Waals surface area contributed by atoms with Crippen LogP contribution in [0.3, 0.4) is 0 Å². The lowest BCUT2D eigenvalue weighted by atomic mass is 10.2. The van der Waals surface area contributed by atoms with Gasteiger partial charge in [-0.25, -0.2) is 17.8 Å². The quantitative estimate of drug-likeness (QED) is 0.891. The summed E-state index contributed by atoms with van der Waals surface area (Å²) in [5.41, 5.74) is -1.24. The van der Waals surface area contributed by atoms with Crippen molar-refractivity contribution in [3.63, 3.8) is 0 Å². The summed E-state index contributed by atoms with van der Waals surface area (Å²) in [5.74, 6) is -1.14. The lowest BCUT2D eigenvalue weighted by Crippen LogP contribution is -2.30. The molecule has 0 aliphatic heterocycles. The average molecular weight is 363 g/mol. The predicted octanol–water partition coefficient (Wildman–Crippen LogP) is 1.59. The summed E-state index contributed by atoms with van der Waals surface area (Å²) < 4.78 is 68.1. The number of rotatable bonds is 4. The molecule has 130 valence electrons. The van der Waals surface area contributed by atoms with Gasteiger partial charge in [-0.3, -0.25) is 4.79 Å². The first-order valence-corrected chi connectivity index (χ1v) is 8.24. The number of hydrogen-bond acceptors (Lipinski definition) is 5. The van der Waals surface area contributed by atoms with Gasteiger partial charge in [-0.2, -0.15) is 18.3 Å². The smallest absolute Gasteiger partial charge is 0.416 e. The molecule has 0 aliphatic carbocycles. The Balaban J connectivity index is 2.45. The van der Waals surface area contributed by atoms with Crippen molar-refractivity contribution >= 4 is 15.9 Å². The van der Waals surface area contributed by atoms with Crippen molar-refractivity contribution in [3.8, 4) is 11.4 Å². The van der Waals surface area contributed by atoms with Gasteiger partial charge in [0.2, 0.25) is 10.0 Å². The Kier molecular flexibility index (Phi) is 4.56. The van der Waals surface area contributed by atoms with Crippen molar-refractivity contribution in [3.05, 3.63) is 41.7 Å². The van der Waals surface area contributed by atoms with Crippen molar-refractivity contribution in [2.75, 3.05) is 13.4 Å². The van der Waals surface area contributed by atoms with Crippen molar-refractivity contribution in [1.82, 2.24) is 14.5 Å². The number of sulfonamides is 1. The molecule has 1 N–H and O–H groups in total. The molecule has 1 heterocycles. The van der Waals surface area contributed by atoms with Gasteiger partial charge in [-0.15, -0.1) is 0 Å². The van der Waals surface area contributed by atoms with Crippen LogP contribution in [0.4, 0.5) is 13.2 Å². The van der Waals surface area contributed by atoms with Crippen LogP contribution in [0.1, 0.15) is 16.1 Å². The number of carbonyl (C=O) groups is 1. The highest BCUT2D eigenvalue weighted by Crippen LogP contribution is 2.30. The van der Waals surface area contributed by atoms with E-state index in [1.807, 2.05) is 0 Å². The van der Waals surface area contributed by atoms with Gasteiger partial charge in [0.15, 0.2) is 11.4 Å². The van der Waals surface area contributed by atoms with Crippen LogP contribution in [-0.4, -0.2) is 37.5 Å². The van der Waals surface area contributed by atoms with Crippen LogP contribution in [0, 0.1) is 0 Å². The van der Waals surface area contributed by atoms with E-state index in [2.05, 4.69) is 5.10 Å². The Morgan fingerprint density at radius 2 is 2.00 bits per heavy atom. The predicted molar refractivity (Wildman–Crippen MR) is 77.4 cm³/mol. The summed E-state index contributed by atoms with van der Waals surface area (Å²) in [6.45, 7) is 0. The number of benzene rings is 1. The van der Waals surface area contributed by atoms with Crippen molar-refractivity contribution in [2.24, 2.45) is 0 Å². The molecule has 0 fully saturated rings. The Morgan fingerprint density at radius 3 is 2.54 bits per heavy atom. The van der Waals surface area contributed by atoms with Gasteiger partial charge >= 0.3 is 6.18 Å². The minimum atomic E-state index is -4.54. The fourth-order valence-corrected chi connectivity index (χ4v) is 2.27. The molecule has 24 heavy (non-hydrogen) atoms. The lowest BCUT2D eigenvalue weighted by molar-refractivity contribution is -0.137. The Bertz CT molecular complexity index is 875. The molecular weight excluding hydrogens is 351 g/mol. The highest BCUT2D eigenvalue weighted by molar-refractivity contribution is 7.89. The number of hydrogen-bond donors (Lipinski definition) is 1. The highest BCUT2D eigenvalue weighted by Gasteiger charge is 2.31. The van der Waals surface area contributed by atoms with Crippen molar-refractivity contribution in [2.45, 2.75) is 6.18 Å². The maximum absolute atomic E-state index is 12.8. The zero-order valence-corrected chi connectivity index (χ0v) is 13.3. The molecular formula is C13H12F3N3O4S. The van der Waals surface area contributed by atoms with Crippen LogP contribution in [0.15, 0.2) is 30.5 Å². The zero-order chi connectivity index (χ0) is 18.1. The Hall–Kier alpha value is -2.56. The van der Waals surface area contributed by atoms with Crippen LogP contribution in [0.25, 0.3) is 5.69 Å². The first-order valence-electron chi connectivity index (χ1n) is 6.34. The summed E-state index contributed by atoms with van der Waals surface area (Å²) in [4.78, 5) is 11.9. The van der Waals surface area contributed by atoms with Gasteiger partial charge in [0, 0.05) is 0 Å². The van der Waals surface area contributed by atoms with Crippen molar-refractivity contribution in [1.29, 1.82) is 0 Å². The first-order chi connectivity index (χ1) is 11.0. The van der Waals surface area contributed by atoms with E-state index in [0.29, 0.717) is 0 Å². The molecule has 0 atom stereocenters. The number of amides is 1. The number of aromatic nitrogens is 2. The number of nitrogens with one attached hydrogen (secondary N) is 1. The SMILES string of the molecule is COc1cn(-c2cccc(C(F)(F)F)c2)nc1C(=O)NS(C)(=O)=O. The number of ether oxygens (including phenoxy) is 1. The van der Waals surface area contributed by atoms with Gasteiger partial charge in [0.05, 0.1) is 30.8 Å². The summed E-state index contributed by atoms with van der Waals surface area (Å²) in [6, 6.07) is 4.26. The average Bonchev–Trinajstić information content (AvgIpc) is 2.89. The number of halogens is 3. The first kappa shape index (κ1) is 17.8. The van der Waals surface area contributed by atoms with Gasteiger partial charge < -0.3 is 4.74 Å². The second-order valence-electron chi connectivity index (χ2n) is 4.74. The molecule has 0 unspecified atom stereocenters. The summed E-state index contributed by atoms with van der Waals surface area (Å²) in [7, 11) is -2.62. The van der Waals surface area contributed by atoms with E-state index < -0.39 is 27.7 Å². The number of carbonyl (C=O) groups excluding carboxylic acids is 1. The molecule has 0 saturated carbocycles. The van der Waals surface area contributed by atoms with Crippen LogP contribution in [0.2, 0.25) is 0 Å². The van der Waals surface area contributed by atoms with Crippen LogP contribution >= 0.6 is 0 Å². The summed E-state index contributed by atoms with van der Waals surface area (Å²) in [6.07, 6.45) is -2.59. The molecule has 1 aromatic heterocycles. The second-order valence-corrected chi connectivity index (χ2v) is 6.49. The fraction of sp³-hybridized carbons (Fsp3) is 0.231. The molecule has 11 heteroatoms. The fourth-order valence-electron chi connectivity index (χ4n) is 1.84. The maximum Gasteiger partial charge on any atom is 0.416 e. The molecule has 0 bridgehead atoms. The van der Waals surface area contributed by atoms with Crippen LogP contribution in [-0.2, 0) is 16.2 Å². The van der Waals surface area contributed by atoms with E-state index in [4.69, 9.17) is 4.74 Å². The number of nitrogens with zero attached hydrogens (tertiary/aromatic N) is 2. The largest absolute Gasteiger partial charge is 0.493 e. The third-order valence-corrected chi connectivity index (χ3v) is 3.39. The van der Waals surface area contributed by atoms with E-state index in [-0.39, 0.29) is 17.1 Å². The highest BCUT2D eigenvalue weighted by atomic mass is 32.2. The molecule has 1 amide bonds. The summed E-state index contributed by atoms with van der Waals surface area (Å²) >= 11 is 0. The van der Waals surface area contributed by atoms with E-state index in [1.54, 1.807) is 4.72 Å². The third kappa shape index (κ3) is 4.04. The minimum Gasteiger partial charge on any atom is -0.493 e. The molecule has 7 nitrogen and oxygen atoms in total. The van der Waals surface area contributed by atoms with E-state index >= 15 is 0 Å². The van der Waals surface area contributed by atoms with Gasteiger partial charge in [0.1, 0.15) is 0 Å². The van der Waals surface area contributed by atoms with Gasteiger partial charge in [-0.1, -0.05) is 6.07 Å². The number of methoxy groups -OCH3 is 1. The van der Waals surface area contributed by atoms with Crippen LogP contribution < -0.4 is 9.46 Å². The zero-order valence-electron chi connectivity index (χ0n) is 12.5. The standard InChI is InChI=1S/C13H12F3N3O4S/c1-23-10-7-19(17-11(10)12(20)18-24(2,21)22)9-5-3-4-8(6-9)13(14,15)16/h3-7H,1-2H3,(H,18,20). The summed E-state index contributed by atoms with van der Waals surface area (Å²) in [5, 5.41) is 3.81. The molecule has 0 radical (unpaired) electrons. The molecule has 1 aromatic carbocycles. The molecule has 0 aliphatic rings. The van der Waals surface area contributed by atoms with Gasteiger partial charge in [-0.05, 0) is 18.2 Å². The van der Waals surface area contributed by atoms with Crippen LogP contribution in [0.5, 0.6) is 5.75 Å². The molecule has 0 spiro atoms. The molecule has 2 aromatic rings. The second kappa shape index (κ2) is 6.15. The minimum absolute atomic E-state index is 0.0292. The topological polar surface area (TPSA) is 90.3 Å². The third-order valence-electron chi connectivity index (χ3n) is 2.83. The van der Waals surface area contributed by atoms with E-state index in [9.17, 15) is 26.4 Å². The maximum atomic E-state index is 12.8. The van der Waals surface area contributed by atoms with E-state index in [1.165, 1.54) is 25.4 Å². The normalized spacial score (nSPS) is 12.0. The molecule has 0 saturated heterocycles. The van der Waals surface area contributed by atoms with E-state index in [0.717, 1.165) is 23.1 Å². The number of alkyl halides is 3. The molecule has 2 rings (SSSR count). The van der Waals surface area contributed by atoms with Gasteiger partial charge in [0.25, 0.3) is 5.91 Å². The lowest BCUT2D eigenvalue weighted by Gasteiger charge is -2.08. The monoisotopic (exact) mass is 363 g/mol.